The van der Waals surface area contributed by atoms with Crippen LogP contribution < -0.4 is 19.9 Å². The molecule has 0 unspecified atom stereocenters. The summed E-state index contributed by atoms with van der Waals surface area (Å²) in [4.78, 5) is 27.0. The highest BCUT2D eigenvalue weighted by Gasteiger charge is 2.33. The molecule has 2 N–H and O–H groups in total. The van der Waals surface area contributed by atoms with Crippen molar-refractivity contribution in [3.8, 4) is 5.69 Å². The second kappa shape index (κ2) is 12.9. The molecule has 1 aromatic heterocycles. The first-order valence-electron chi connectivity index (χ1n) is 13.9. The molecule has 0 aliphatic heterocycles. The number of para-hydroxylation sites is 1. The maximum atomic E-state index is 13.9. The monoisotopic (exact) mass is 679 g/mol. The lowest BCUT2D eigenvalue weighted by Gasteiger charge is -2.23. The molecule has 5 aromatic rings. The number of hydrogen-bond donors (Lipinski definition) is 2. The van der Waals surface area contributed by atoms with E-state index in [1.54, 1.807) is 87.6 Å². The zero-order valence-electron chi connectivity index (χ0n) is 25.0. The molecule has 14 heteroatoms. The van der Waals surface area contributed by atoms with Gasteiger partial charge in [-0.05, 0) is 80.1 Å². The minimum absolute atomic E-state index is 0.0699. The third kappa shape index (κ3) is 6.43. The molecule has 238 valence electrons. The van der Waals surface area contributed by atoms with Crippen LogP contribution in [0.25, 0.3) is 5.69 Å². The van der Waals surface area contributed by atoms with Gasteiger partial charge in [0.15, 0.2) is 0 Å². The summed E-state index contributed by atoms with van der Waals surface area (Å²) >= 11 is 6.11. The van der Waals surface area contributed by atoms with Crippen molar-refractivity contribution in [2.24, 2.45) is 7.05 Å². The summed E-state index contributed by atoms with van der Waals surface area (Å²) in [6, 6.07) is 26.4. The molecule has 0 saturated heterocycles. The molecule has 0 bridgehead atoms. The highest BCUT2D eigenvalue weighted by molar-refractivity contribution is 7.93. The van der Waals surface area contributed by atoms with Crippen LogP contribution in [0.4, 0.5) is 17.1 Å². The lowest BCUT2D eigenvalue weighted by molar-refractivity contribution is -0.114. The minimum Gasteiger partial charge on any atom is -0.325 e. The molecule has 0 fully saturated rings. The number of nitrogens with zero attached hydrogens (tertiary/aromatic N) is 3. The third-order valence-corrected chi connectivity index (χ3v) is 10.9. The third-order valence-electron chi connectivity index (χ3n) is 7.35. The first-order chi connectivity index (χ1) is 21.8. The smallest absolute Gasteiger partial charge is 0.296 e. The number of hydrogen-bond acceptors (Lipinski definition) is 6. The van der Waals surface area contributed by atoms with E-state index >= 15 is 0 Å². The van der Waals surface area contributed by atoms with Crippen molar-refractivity contribution in [1.82, 2.24) is 9.36 Å². The number of sulfonamides is 2. The zero-order valence-corrected chi connectivity index (χ0v) is 27.4. The number of carbonyl (C=O) groups excluding carboxylic acids is 1. The fourth-order valence-electron chi connectivity index (χ4n) is 4.82. The van der Waals surface area contributed by atoms with Crippen LogP contribution >= 0.6 is 11.6 Å². The van der Waals surface area contributed by atoms with Crippen LogP contribution in [0.5, 0.6) is 0 Å². The van der Waals surface area contributed by atoms with Crippen LogP contribution in [0.2, 0.25) is 5.02 Å². The van der Waals surface area contributed by atoms with E-state index in [4.69, 9.17) is 11.6 Å². The summed E-state index contributed by atoms with van der Waals surface area (Å²) in [7, 11) is -6.75. The number of halogens is 1. The van der Waals surface area contributed by atoms with Crippen LogP contribution in [0.15, 0.2) is 118 Å². The lowest BCUT2D eigenvalue weighted by atomic mass is 10.2. The molecule has 4 aromatic carbocycles. The van der Waals surface area contributed by atoms with E-state index in [9.17, 15) is 26.4 Å². The van der Waals surface area contributed by atoms with Gasteiger partial charge in [0.2, 0.25) is 5.91 Å². The summed E-state index contributed by atoms with van der Waals surface area (Å²) in [5.41, 5.74) is 1.12. The normalized spacial score (nSPS) is 11.7. The molecule has 1 amide bonds. The second-order valence-electron chi connectivity index (χ2n) is 10.3. The van der Waals surface area contributed by atoms with Gasteiger partial charge in [0.1, 0.15) is 12.2 Å². The largest absolute Gasteiger partial charge is 0.325 e. The predicted octanol–water partition coefficient (Wildman–Crippen LogP) is 5.08. The maximum Gasteiger partial charge on any atom is 0.296 e. The van der Waals surface area contributed by atoms with Gasteiger partial charge in [0.05, 0.1) is 26.9 Å². The molecule has 0 saturated carbocycles. The van der Waals surface area contributed by atoms with Gasteiger partial charge in [-0.2, -0.15) is 0 Å². The Labute approximate surface area is 271 Å². The van der Waals surface area contributed by atoms with Gasteiger partial charge in [0, 0.05) is 17.8 Å². The van der Waals surface area contributed by atoms with Gasteiger partial charge in [-0.1, -0.05) is 54.1 Å². The Hall–Kier alpha value is -4.85. The Kier molecular flexibility index (Phi) is 9.10. The fourth-order valence-corrected chi connectivity index (χ4v) is 7.61. The van der Waals surface area contributed by atoms with Crippen LogP contribution in [0, 0.1) is 13.8 Å². The summed E-state index contributed by atoms with van der Waals surface area (Å²) in [6.45, 7) is 2.55. The van der Waals surface area contributed by atoms with Gasteiger partial charge in [-0.25, -0.2) is 25.8 Å². The Bertz CT molecular complexity index is 2180. The highest BCUT2D eigenvalue weighted by atomic mass is 35.5. The van der Waals surface area contributed by atoms with Gasteiger partial charge >= 0.3 is 0 Å². The molecular weight excluding hydrogens is 650 g/mol. The molecule has 11 nitrogen and oxygen atoms in total. The van der Waals surface area contributed by atoms with E-state index in [1.165, 1.54) is 45.8 Å². The van der Waals surface area contributed by atoms with Crippen molar-refractivity contribution in [3.63, 3.8) is 0 Å². The Morgan fingerprint density at radius 1 is 0.804 bits per heavy atom. The average Bonchev–Trinajstić information content (AvgIpc) is 3.25. The molecule has 5 rings (SSSR count). The van der Waals surface area contributed by atoms with E-state index in [-0.39, 0.29) is 21.2 Å². The second-order valence-corrected chi connectivity index (χ2v) is 14.3. The van der Waals surface area contributed by atoms with Crippen molar-refractivity contribution < 1.29 is 21.6 Å². The van der Waals surface area contributed by atoms with E-state index in [2.05, 4.69) is 10.0 Å². The van der Waals surface area contributed by atoms with Crippen molar-refractivity contribution in [2.75, 3.05) is 20.9 Å². The van der Waals surface area contributed by atoms with Gasteiger partial charge in [-0.15, -0.1) is 0 Å². The summed E-state index contributed by atoms with van der Waals surface area (Å²) in [5, 5.41) is 3.02. The first-order valence-corrected chi connectivity index (χ1v) is 17.2. The van der Waals surface area contributed by atoms with Crippen molar-refractivity contribution in [2.45, 2.75) is 23.6 Å². The SMILES string of the molecule is Cc1c(Cl)cccc1NS(=O)(=O)c1ccc(NC(=O)CN(c2c(C)n(C)n(-c3ccccc3)c2=O)S(=O)(=O)c2ccccc2)cc1. The standard InChI is InChI=1S/C32H30ClN5O6S2/c1-22-28(33)15-10-16-29(22)35-45(41,42)26-19-17-24(18-20-26)34-30(39)21-37(46(43,44)27-13-8-5-9-14-27)31-23(2)36(3)38(32(31)40)25-11-6-4-7-12-25/h4-20,35H,21H2,1-3H3,(H,34,39). The number of benzene rings is 4. The molecule has 0 radical (unpaired) electrons. The molecular formula is C32H30ClN5O6S2. The predicted molar refractivity (Wildman–Crippen MR) is 179 cm³/mol. The topological polar surface area (TPSA) is 140 Å². The Morgan fingerprint density at radius 2 is 1.41 bits per heavy atom. The average molecular weight is 680 g/mol. The van der Waals surface area contributed by atoms with E-state index in [0.29, 0.717) is 27.7 Å². The fraction of sp³-hybridized carbons (Fsp3) is 0.125. The number of nitrogens with one attached hydrogen (secondary N) is 2. The number of carbonyl (C=O) groups is 1. The van der Waals surface area contributed by atoms with Crippen molar-refractivity contribution >= 4 is 54.6 Å². The van der Waals surface area contributed by atoms with Crippen LogP contribution in [0.1, 0.15) is 11.3 Å². The number of rotatable bonds is 10. The van der Waals surface area contributed by atoms with Gasteiger partial charge < -0.3 is 5.32 Å². The summed E-state index contributed by atoms with van der Waals surface area (Å²) in [6.07, 6.45) is 0. The van der Waals surface area contributed by atoms with Crippen molar-refractivity contribution in [3.05, 3.63) is 130 Å². The maximum absolute atomic E-state index is 13.9. The minimum atomic E-state index is -4.39. The summed E-state index contributed by atoms with van der Waals surface area (Å²) < 4.78 is 60.0. The van der Waals surface area contributed by atoms with Gasteiger partial charge in [0.25, 0.3) is 25.6 Å². The molecule has 0 aliphatic carbocycles. The Morgan fingerprint density at radius 3 is 2.04 bits per heavy atom. The van der Waals surface area contributed by atoms with Crippen LogP contribution in [-0.4, -0.2) is 38.7 Å². The highest BCUT2D eigenvalue weighted by Crippen LogP contribution is 2.27. The van der Waals surface area contributed by atoms with Crippen molar-refractivity contribution in [1.29, 1.82) is 0 Å². The Balaban J connectivity index is 1.45. The number of anilines is 3. The number of amides is 1. The molecule has 1 heterocycles. The molecule has 46 heavy (non-hydrogen) atoms. The van der Waals surface area contributed by atoms with Crippen LogP contribution in [0.3, 0.4) is 0 Å². The van der Waals surface area contributed by atoms with Crippen LogP contribution in [-0.2, 0) is 31.9 Å². The van der Waals surface area contributed by atoms with E-state index in [1.807, 2.05) is 0 Å². The molecule has 0 aliphatic rings. The zero-order chi connectivity index (χ0) is 33.2. The van der Waals surface area contributed by atoms with Gasteiger partial charge in [-0.3, -0.25) is 19.0 Å². The molecule has 0 atom stereocenters. The first kappa shape index (κ1) is 32.5. The summed E-state index contributed by atoms with van der Waals surface area (Å²) in [5.74, 6) is -0.753. The lowest BCUT2D eigenvalue weighted by Crippen LogP contribution is -2.41. The number of aromatic nitrogens is 2. The van der Waals surface area contributed by atoms with E-state index < -0.39 is 38.1 Å². The van der Waals surface area contributed by atoms with E-state index in [0.717, 1.165) is 4.31 Å². The molecule has 0 spiro atoms. The quantitative estimate of drug-likeness (QED) is 0.211.